The van der Waals surface area contributed by atoms with Gasteiger partial charge in [0.15, 0.2) is 0 Å². The number of benzene rings is 2. The topological polar surface area (TPSA) is 37.3 Å². The van der Waals surface area contributed by atoms with E-state index in [1.54, 1.807) is 12.1 Å². The lowest BCUT2D eigenvalue weighted by Gasteiger charge is -2.05. The molecule has 0 heterocycles. The second-order valence-corrected chi connectivity index (χ2v) is 5.86. The van der Waals surface area contributed by atoms with E-state index < -0.39 is 11.8 Å². The summed E-state index contributed by atoms with van der Waals surface area (Å²) in [6.45, 7) is 0. The van der Waals surface area contributed by atoms with Gasteiger partial charge in [-0.3, -0.25) is 0 Å². The highest BCUT2D eigenvalue weighted by atomic mass is 79.9. The first-order valence-corrected chi connectivity index (χ1v) is 7.35. The van der Waals surface area contributed by atoms with Gasteiger partial charge in [-0.25, -0.2) is 13.6 Å². The minimum atomic E-state index is -1.10. The standard InChI is InChI=1S/C14H9BrF2O2S/c15-10-5-8(1-3-11(10)16)7-20-13-6-9(14(18)19)2-4-12(13)17/h1-6H,7H2,(H,18,19). The normalized spacial score (nSPS) is 10.6. The first-order valence-electron chi connectivity index (χ1n) is 5.57. The summed E-state index contributed by atoms with van der Waals surface area (Å²) in [5.74, 6) is -1.52. The lowest BCUT2D eigenvalue weighted by Crippen LogP contribution is -1.97. The molecule has 2 aromatic carbocycles. The molecule has 0 aliphatic carbocycles. The van der Waals surface area contributed by atoms with Crippen LogP contribution >= 0.6 is 27.7 Å². The van der Waals surface area contributed by atoms with Crippen LogP contribution in [0.25, 0.3) is 0 Å². The zero-order valence-electron chi connectivity index (χ0n) is 10.1. The molecular formula is C14H9BrF2O2S. The third kappa shape index (κ3) is 3.58. The van der Waals surface area contributed by atoms with Crippen LogP contribution in [0.4, 0.5) is 8.78 Å². The van der Waals surface area contributed by atoms with Crippen LogP contribution in [0.3, 0.4) is 0 Å². The quantitative estimate of drug-likeness (QED) is 0.803. The third-order valence-corrected chi connectivity index (χ3v) is 4.27. The first-order chi connectivity index (χ1) is 9.47. The Morgan fingerprint density at radius 1 is 1.15 bits per heavy atom. The van der Waals surface area contributed by atoms with Gasteiger partial charge >= 0.3 is 5.97 Å². The van der Waals surface area contributed by atoms with E-state index in [0.717, 1.165) is 23.4 Å². The number of hydrogen-bond donors (Lipinski definition) is 1. The predicted molar refractivity (Wildman–Crippen MR) is 77.0 cm³/mol. The average molecular weight is 359 g/mol. The van der Waals surface area contributed by atoms with E-state index in [2.05, 4.69) is 15.9 Å². The molecule has 0 atom stereocenters. The van der Waals surface area contributed by atoms with E-state index in [1.807, 2.05) is 0 Å². The number of carbonyl (C=O) groups is 1. The maximum atomic E-state index is 13.6. The molecule has 0 aliphatic rings. The van der Waals surface area contributed by atoms with Gasteiger partial charge in [0.05, 0.1) is 10.0 Å². The van der Waals surface area contributed by atoms with Crippen LogP contribution in [0.1, 0.15) is 15.9 Å². The summed E-state index contributed by atoms with van der Waals surface area (Å²) in [7, 11) is 0. The van der Waals surface area contributed by atoms with Crippen molar-refractivity contribution in [3.63, 3.8) is 0 Å². The maximum Gasteiger partial charge on any atom is 0.335 e. The Morgan fingerprint density at radius 3 is 2.50 bits per heavy atom. The van der Waals surface area contributed by atoms with Crippen molar-refractivity contribution in [1.82, 2.24) is 0 Å². The SMILES string of the molecule is O=C(O)c1ccc(F)c(SCc2ccc(F)c(Br)c2)c1. The fraction of sp³-hybridized carbons (Fsp3) is 0.0714. The van der Waals surface area contributed by atoms with Crippen molar-refractivity contribution in [3.8, 4) is 0 Å². The van der Waals surface area contributed by atoms with E-state index >= 15 is 0 Å². The zero-order valence-corrected chi connectivity index (χ0v) is 12.5. The number of hydrogen-bond acceptors (Lipinski definition) is 2. The highest BCUT2D eigenvalue weighted by Crippen LogP contribution is 2.28. The second kappa shape index (κ2) is 6.37. The molecule has 20 heavy (non-hydrogen) atoms. The number of thioether (sulfide) groups is 1. The molecule has 0 spiro atoms. The monoisotopic (exact) mass is 358 g/mol. The van der Waals surface area contributed by atoms with Crippen LogP contribution in [0, 0.1) is 11.6 Å². The minimum Gasteiger partial charge on any atom is -0.478 e. The highest BCUT2D eigenvalue weighted by molar-refractivity contribution is 9.10. The van der Waals surface area contributed by atoms with Crippen LogP contribution in [0.15, 0.2) is 45.8 Å². The van der Waals surface area contributed by atoms with E-state index in [0.29, 0.717) is 10.2 Å². The van der Waals surface area contributed by atoms with Crippen LogP contribution in [0.5, 0.6) is 0 Å². The summed E-state index contributed by atoms with van der Waals surface area (Å²) >= 11 is 4.25. The van der Waals surface area contributed by atoms with Crippen molar-refractivity contribution in [3.05, 3.63) is 63.6 Å². The van der Waals surface area contributed by atoms with Crippen molar-refractivity contribution in [2.75, 3.05) is 0 Å². The van der Waals surface area contributed by atoms with Gasteiger partial charge < -0.3 is 5.11 Å². The molecule has 2 aromatic rings. The second-order valence-electron chi connectivity index (χ2n) is 3.99. The Balaban J connectivity index is 2.15. The van der Waals surface area contributed by atoms with Gasteiger partial charge in [0.25, 0.3) is 0 Å². The molecule has 6 heteroatoms. The molecule has 2 nitrogen and oxygen atoms in total. The number of carboxylic acid groups (broad SMARTS) is 1. The molecular weight excluding hydrogens is 350 g/mol. The Hall–Kier alpha value is -1.40. The van der Waals surface area contributed by atoms with Gasteiger partial charge in [-0.1, -0.05) is 6.07 Å². The van der Waals surface area contributed by atoms with Gasteiger partial charge in [0.2, 0.25) is 0 Å². The minimum absolute atomic E-state index is 0.0363. The molecule has 0 aromatic heterocycles. The van der Waals surface area contributed by atoms with E-state index in [1.165, 1.54) is 18.2 Å². The van der Waals surface area contributed by atoms with Gasteiger partial charge in [0.1, 0.15) is 11.6 Å². The summed E-state index contributed by atoms with van der Waals surface area (Å²) in [5.41, 5.74) is 0.845. The first kappa shape index (κ1) is 15.0. The number of rotatable bonds is 4. The van der Waals surface area contributed by atoms with Crippen molar-refractivity contribution in [2.24, 2.45) is 0 Å². The summed E-state index contributed by atoms with van der Waals surface area (Å²) in [6, 6.07) is 8.18. The lowest BCUT2D eigenvalue weighted by molar-refractivity contribution is 0.0696. The third-order valence-electron chi connectivity index (χ3n) is 2.56. The van der Waals surface area contributed by atoms with E-state index in [9.17, 15) is 13.6 Å². The van der Waals surface area contributed by atoms with E-state index in [4.69, 9.17) is 5.11 Å². The van der Waals surface area contributed by atoms with Gasteiger partial charge in [-0.05, 0) is 51.8 Å². The summed E-state index contributed by atoms with van der Waals surface area (Å²) in [4.78, 5) is 11.1. The Labute approximate surface area is 126 Å². The van der Waals surface area contributed by atoms with Gasteiger partial charge in [-0.15, -0.1) is 11.8 Å². The maximum absolute atomic E-state index is 13.6. The van der Waals surface area contributed by atoms with Crippen LogP contribution < -0.4 is 0 Å². The van der Waals surface area contributed by atoms with Crippen molar-refractivity contribution < 1.29 is 18.7 Å². The largest absolute Gasteiger partial charge is 0.478 e. The molecule has 0 aliphatic heterocycles. The predicted octanol–water partition coefficient (Wildman–Crippen LogP) is 4.72. The molecule has 0 saturated carbocycles. The van der Waals surface area contributed by atoms with Gasteiger partial charge in [0, 0.05) is 10.6 Å². The molecule has 0 radical (unpaired) electrons. The number of carboxylic acids is 1. The molecule has 0 bridgehead atoms. The Morgan fingerprint density at radius 2 is 1.85 bits per heavy atom. The zero-order chi connectivity index (χ0) is 14.7. The average Bonchev–Trinajstić information content (AvgIpc) is 2.41. The molecule has 2 rings (SSSR count). The fourth-order valence-electron chi connectivity index (χ4n) is 1.54. The summed E-state index contributed by atoms with van der Waals surface area (Å²) in [6.07, 6.45) is 0. The number of halogens is 3. The van der Waals surface area contributed by atoms with E-state index in [-0.39, 0.29) is 16.3 Å². The van der Waals surface area contributed by atoms with Crippen LogP contribution in [-0.2, 0) is 5.75 Å². The molecule has 0 fully saturated rings. The number of aromatic carboxylic acids is 1. The molecule has 0 amide bonds. The molecule has 0 saturated heterocycles. The summed E-state index contributed by atoms with van der Waals surface area (Å²) in [5, 5.41) is 8.87. The smallest absolute Gasteiger partial charge is 0.335 e. The Bertz CT molecular complexity index is 662. The van der Waals surface area contributed by atoms with Gasteiger partial charge in [-0.2, -0.15) is 0 Å². The van der Waals surface area contributed by atoms with Crippen LogP contribution in [-0.4, -0.2) is 11.1 Å². The summed E-state index contributed by atoms with van der Waals surface area (Å²) < 4.78 is 27.0. The van der Waals surface area contributed by atoms with Crippen molar-refractivity contribution in [2.45, 2.75) is 10.6 Å². The highest BCUT2D eigenvalue weighted by Gasteiger charge is 2.09. The molecule has 0 unspecified atom stereocenters. The molecule has 1 N–H and O–H groups in total. The fourth-order valence-corrected chi connectivity index (χ4v) is 2.88. The Kier molecular flexibility index (Phi) is 4.77. The van der Waals surface area contributed by atoms with Crippen LogP contribution in [0.2, 0.25) is 0 Å². The van der Waals surface area contributed by atoms with Crippen molar-refractivity contribution in [1.29, 1.82) is 0 Å². The lowest BCUT2D eigenvalue weighted by atomic mass is 10.2. The molecule has 104 valence electrons. The van der Waals surface area contributed by atoms with Crippen molar-refractivity contribution >= 4 is 33.7 Å².